The van der Waals surface area contributed by atoms with Crippen molar-refractivity contribution >= 4 is 46.1 Å². The summed E-state index contributed by atoms with van der Waals surface area (Å²) in [5.74, 6) is -0.251. The molecule has 3 aromatic rings. The smallest absolute Gasteiger partial charge is 0.268 e. The van der Waals surface area contributed by atoms with Crippen LogP contribution in [0.2, 0.25) is 10.0 Å². The van der Waals surface area contributed by atoms with Gasteiger partial charge in [-0.05, 0) is 25.1 Å². The lowest BCUT2D eigenvalue weighted by Crippen LogP contribution is -2.11. The van der Waals surface area contributed by atoms with Gasteiger partial charge in [0.05, 0.1) is 21.4 Å². The molecule has 0 bridgehead atoms. The van der Waals surface area contributed by atoms with Crippen molar-refractivity contribution in [1.82, 2.24) is 4.98 Å². The molecule has 0 saturated carbocycles. The van der Waals surface area contributed by atoms with Crippen molar-refractivity contribution < 1.29 is 4.79 Å². The molecular formula is C17H12Cl2N2OS. The summed E-state index contributed by atoms with van der Waals surface area (Å²) < 4.78 is 0. The number of carbonyl (C=O) groups excluding carboxylic acids is 1. The Morgan fingerprint density at radius 1 is 1.13 bits per heavy atom. The third-order valence-corrected chi connectivity index (χ3v) is 4.70. The molecule has 0 aliphatic rings. The van der Waals surface area contributed by atoms with Gasteiger partial charge in [-0.1, -0.05) is 53.5 Å². The molecule has 23 heavy (non-hydrogen) atoms. The average Bonchev–Trinajstić information content (AvgIpc) is 2.94. The van der Waals surface area contributed by atoms with Crippen LogP contribution >= 0.6 is 34.5 Å². The lowest BCUT2D eigenvalue weighted by Gasteiger charge is -2.07. The van der Waals surface area contributed by atoms with Gasteiger partial charge in [-0.3, -0.25) is 4.79 Å². The highest BCUT2D eigenvalue weighted by atomic mass is 35.5. The summed E-state index contributed by atoms with van der Waals surface area (Å²) in [5, 5.41) is 4.57. The van der Waals surface area contributed by atoms with E-state index in [1.165, 1.54) is 11.3 Å². The van der Waals surface area contributed by atoms with Crippen LogP contribution in [0.3, 0.4) is 0 Å². The third kappa shape index (κ3) is 3.55. The van der Waals surface area contributed by atoms with Gasteiger partial charge in [0.2, 0.25) is 0 Å². The monoisotopic (exact) mass is 362 g/mol. The van der Waals surface area contributed by atoms with Crippen molar-refractivity contribution in [2.75, 3.05) is 5.32 Å². The number of halogens is 2. The average molecular weight is 363 g/mol. The second kappa shape index (κ2) is 6.71. The maximum Gasteiger partial charge on any atom is 0.268 e. The normalized spacial score (nSPS) is 10.6. The number of hydrogen-bond donors (Lipinski definition) is 1. The maximum absolute atomic E-state index is 12.6. The summed E-state index contributed by atoms with van der Waals surface area (Å²) in [7, 11) is 0. The predicted octanol–water partition coefficient (Wildman–Crippen LogP) is 5.68. The standard InChI is InChI=1S/C17H12Cl2N2OS/c1-10-20-15(11-5-3-2-4-6-11)16(23-10)17(22)21-14-9-12(18)7-8-13(14)19/h2-9H,1H3,(H,21,22). The Balaban J connectivity index is 1.96. The summed E-state index contributed by atoms with van der Waals surface area (Å²) in [6.45, 7) is 1.88. The van der Waals surface area contributed by atoms with Crippen molar-refractivity contribution in [3.63, 3.8) is 0 Å². The first-order valence-corrected chi connectivity index (χ1v) is 8.41. The van der Waals surface area contributed by atoms with Crippen LogP contribution in [0.25, 0.3) is 11.3 Å². The third-order valence-electron chi connectivity index (χ3n) is 3.16. The number of nitrogens with zero attached hydrogens (tertiary/aromatic N) is 1. The summed E-state index contributed by atoms with van der Waals surface area (Å²) in [5.41, 5.74) is 2.05. The second-order valence-electron chi connectivity index (χ2n) is 4.85. The summed E-state index contributed by atoms with van der Waals surface area (Å²) >= 11 is 13.4. The molecule has 0 fully saturated rings. The zero-order chi connectivity index (χ0) is 16.4. The quantitative estimate of drug-likeness (QED) is 0.651. The van der Waals surface area contributed by atoms with E-state index in [0.717, 1.165) is 10.6 Å². The fourth-order valence-corrected chi connectivity index (χ4v) is 3.32. The second-order valence-corrected chi connectivity index (χ2v) is 6.90. The molecule has 0 aliphatic carbocycles. The number of thiazole rings is 1. The summed E-state index contributed by atoms with van der Waals surface area (Å²) in [6, 6.07) is 14.6. The number of aryl methyl sites for hydroxylation is 1. The van der Waals surface area contributed by atoms with Crippen molar-refractivity contribution in [2.45, 2.75) is 6.92 Å². The van der Waals surface area contributed by atoms with Gasteiger partial charge in [0.1, 0.15) is 4.88 Å². The highest BCUT2D eigenvalue weighted by Gasteiger charge is 2.19. The minimum Gasteiger partial charge on any atom is -0.320 e. The lowest BCUT2D eigenvalue weighted by molar-refractivity contribution is 0.103. The van der Waals surface area contributed by atoms with Crippen LogP contribution in [0.1, 0.15) is 14.7 Å². The molecule has 0 unspecified atom stereocenters. The molecule has 116 valence electrons. The number of anilines is 1. The van der Waals surface area contributed by atoms with Crippen LogP contribution in [-0.4, -0.2) is 10.9 Å². The van der Waals surface area contributed by atoms with E-state index in [0.29, 0.717) is 26.3 Å². The number of nitrogens with one attached hydrogen (secondary N) is 1. The number of carbonyl (C=O) groups is 1. The molecule has 3 nitrogen and oxygen atoms in total. The minimum absolute atomic E-state index is 0.251. The van der Waals surface area contributed by atoms with E-state index in [1.807, 2.05) is 37.3 Å². The predicted molar refractivity (Wildman–Crippen MR) is 96.7 cm³/mol. The fraction of sp³-hybridized carbons (Fsp3) is 0.0588. The molecular weight excluding hydrogens is 351 g/mol. The summed E-state index contributed by atoms with van der Waals surface area (Å²) in [4.78, 5) is 17.7. The molecule has 6 heteroatoms. The van der Waals surface area contributed by atoms with Gasteiger partial charge in [0.25, 0.3) is 5.91 Å². The van der Waals surface area contributed by atoms with Gasteiger partial charge in [0, 0.05) is 10.6 Å². The number of hydrogen-bond acceptors (Lipinski definition) is 3. The van der Waals surface area contributed by atoms with Gasteiger partial charge in [-0.15, -0.1) is 11.3 Å². The maximum atomic E-state index is 12.6. The number of rotatable bonds is 3. The molecule has 0 atom stereocenters. The van der Waals surface area contributed by atoms with Crippen LogP contribution in [-0.2, 0) is 0 Å². The largest absolute Gasteiger partial charge is 0.320 e. The lowest BCUT2D eigenvalue weighted by atomic mass is 10.1. The van der Waals surface area contributed by atoms with Gasteiger partial charge >= 0.3 is 0 Å². The van der Waals surface area contributed by atoms with Gasteiger partial charge in [-0.25, -0.2) is 4.98 Å². The molecule has 0 spiro atoms. The molecule has 1 aromatic heterocycles. The zero-order valence-electron chi connectivity index (χ0n) is 12.1. The first kappa shape index (κ1) is 16.0. The van der Waals surface area contributed by atoms with Crippen LogP contribution in [0.15, 0.2) is 48.5 Å². The van der Waals surface area contributed by atoms with Crippen molar-refractivity contribution in [3.8, 4) is 11.3 Å². The van der Waals surface area contributed by atoms with Gasteiger partial charge in [-0.2, -0.15) is 0 Å². The molecule has 0 aliphatic heterocycles. The molecule has 1 heterocycles. The molecule has 3 rings (SSSR count). The van der Waals surface area contributed by atoms with E-state index in [2.05, 4.69) is 10.3 Å². The van der Waals surface area contributed by atoms with E-state index in [9.17, 15) is 4.79 Å². The number of amides is 1. The first-order valence-electron chi connectivity index (χ1n) is 6.84. The Morgan fingerprint density at radius 2 is 1.87 bits per heavy atom. The number of benzene rings is 2. The van der Waals surface area contributed by atoms with E-state index < -0.39 is 0 Å². The Kier molecular flexibility index (Phi) is 4.66. The van der Waals surface area contributed by atoms with Crippen LogP contribution in [0.5, 0.6) is 0 Å². The molecule has 0 radical (unpaired) electrons. The van der Waals surface area contributed by atoms with Crippen molar-refractivity contribution in [2.24, 2.45) is 0 Å². The van der Waals surface area contributed by atoms with Crippen molar-refractivity contribution in [1.29, 1.82) is 0 Å². The van der Waals surface area contributed by atoms with E-state index in [-0.39, 0.29) is 5.91 Å². The van der Waals surface area contributed by atoms with Gasteiger partial charge < -0.3 is 5.32 Å². The number of aromatic nitrogens is 1. The van der Waals surface area contributed by atoms with E-state index >= 15 is 0 Å². The van der Waals surface area contributed by atoms with Crippen LogP contribution in [0.4, 0.5) is 5.69 Å². The van der Waals surface area contributed by atoms with Crippen molar-refractivity contribution in [3.05, 3.63) is 68.5 Å². The Morgan fingerprint density at radius 3 is 2.61 bits per heavy atom. The van der Waals surface area contributed by atoms with E-state index in [1.54, 1.807) is 18.2 Å². The highest BCUT2D eigenvalue weighted by Crippen LogP contribution is 2.30. The summed E-state index contributed by atoms with van der Waals surface area (Å²) in [6.07, 6.45) is 0. The minimum atomic E-state index is -0.251. The van der Waals surface area contributed by atoms with Crippen LogP contribution < -0.4 is 5.32 Å². The molecule has 0 saturated heterocycles. The van der Waals surface area contributed by atoms with Crippen LogP contribution in [0, 0.1) is 6.92 Å². The molecule has 1 N–H and O–H groups in total. The molecule has 2 aromatic carbocycles. The SMILES string of the molecule is Cc1nc(-c2ccccc2)c(C(=O)Nc2cc(Cl)ccc2Cl)s1. The highest BCUT2D eigenvalue weighted by molar-refractivity contribution is 7.14. The van der Waals surface area contributed by atoms with Gasteiger partial charge in [0.15, 0.2) is 0 Å². The Labute approximate surface area is 147 Å². The fourth-order valence-electron chi connectivity index (χ4n) is 2.15. The Hall–Kier alpha value is -1.88. The topological polar surface area (TPSA) is 42.0 Å². The molecule has 1 amide bonds. The van der Waals surface area contributed by atoms with E-state index in [4.69, 9.17) is 23.2 Å². The Bertz CT molecular complexity index is 862. The first-order chi connectivity index (χ1) is 11.0. The zero-order valence-corrected chi connectivity index (χ0v) is 14.5.